The Bertz CT molecular complexity index is 150. The zero-order valence-electron chi connectivity index (χ0n) is 4.33. The van der Waals surface area contributed by atoms with Gasteiger partial charge >= 0.3 is 0 Å². The highest BCUT2D eigenvalue weighted by Crippen LogP contribution is 2.10. The van der Waals surface area contributed by atoms with E-state index in [9.17, 15) is 8.42 Å². The van der Waals surface area contributed by atoms with Crippen molar-refractivity contribution in [3.63, 3.8) is 0 Å². The largest absolute Gasteiger partial charge is 0.285 e. The van der Waals surface area contributed by atoms with E-state index in [1.54, 1.807) is 29.5 Å². The van der Waals surface area contributed by atoms with Gasteiger partial charge in [0.05, 0.1) is 0 Å². The molecular formula is C3H7IO3S. The van der Waals surface area contributed by atoms with E-state index in [-0.39, 0.29) is 0 Å². The van der Waals surface area contributed by atoms with Gasteiger partial charge in [0.2, 0.25) is 0 Å². The van der Waals surface area contributed by atoms with Crippen LogP contribution in [0.25, 0.3) is 0 Å². The molecule has 0 heterocycles. The van der Waals surface area contributed by atoms with Crippen LogP contribution in [0.2, 0.25) is 0 Å². The molecule has 0 bridgehead atoms. The highest BCUT2D eigenvalue weighted by Gasteiger charge is 2.15. The summed E-state index contributed by atoms with van der Waals surface area (Å²) in [5, 5.41) is 0. The fraction of sp³-hybridized carbons (Fsp3) is 1.00. The molecule has 0 aliphatic carbocycles. The minimum absolute atomic E-state index is 0.444. The van der Waals surface area contributed by atoms with E-state index < -0.39 is 13.4 Å². The smallest absolute Gasteiger partial charge is 0.277 e. The maximum Gasteiger partial charge on any atom is 0.277 e. The number of rotatable bonds is 2. The monoisotopic (exact) mass is 250 g/mol. The number of hydrogen-bond acceptors (Lipinski definition) is 2. The first-order valence-corrected chi connectivity index (χ1v) is 4.83. The third kappa shape index (κ3) is 2.83. The third-order valence-corrected chi connectivity index (χ3v) is 4.43. The second-order valence-electron chi connectivity index (χ2n) is 1.33. The van der Waals surface area contributed by atoms with Crippen LogP contribution in [0.3, 0.4) is 0 Å². The molecule has 0 radical (unpaired) electrons. The Morgan fingerprint density at radius 1 is 1.75 bits per heavy atom. The Hall–Kier alpha value is 0.640. The summed E-state index contributed by atoms with van der Waals surface area (Å²) in [6, 6.07) is 0. The molecule has 0 amide bonds. The van der Waals surface area contributed by atoms with Gasteiger partial charge in [0.25, 0.3) is 10.1 Å². The van der Waals surface area contributed by atoms with Gasteiger partial charge in [0, 0.05) is 0 Å². The van der Waals surface area contributed by atoms with Gasteiger partial charge < -0.3 is 0 Å². The van der Waals surface area contributed by atoms with Crippen molar-refractivity contribution in [1.29, 1.82) is 0 Å². The average Bonchev–Trinajstić information content (AvgIpc) is 1.62. The van der Waals surface area contributed by atoms with Gasteiger partial charge in [-0.2, -0.15) is 8.42 Å². The normalized spacial score (nSPS) is 15.9. The lowest BCUT2D eigenvalue weighted by Gasteiger charge is -1.98. The van der Waals surface area contributed by atoms with E-state index in [1.165, 1.54) is 0 Å². The first-order chi connectivity index (χ1) is 3.48. The van der Waals surface area contributed by atoms with Crippen LogP contribution in [0.1, 0.15) is 13.3 Å². The quantitative estimate of drug-likeness (QED) is 0.452. The molecule has 0 fully saturated rings. The van der Waals surface area contributed by atoms with Crippen molar-refractivity contribution < 1.29 is 13.0 Å². The molecule has 50 valence electrons. The summed E-state index contributed by atoms with van der Waals surface area (Å²) in [5.41, 5.74) is 0. The summed E-state index contributed by atoms with van der Waals surface area (Å²) in [4.78, 5) is 0. The van der Waals surface area contributed by atoms with Crippen LogP contribution in [-0.4, -0.2) is 16.2 Å². The highest BCUT2D eigenvalue weighted by molar-refractivity contribution is 14.1. The molecule has 3 nitrogen and oxygen atoms in total. The minimum Gasteiger partial charge on any atom is -0.285 e. The van der Waals surface area contributed by atoms with E-state index in [1.807, 2.05) is 0 Å². The molecule has 1 unspecified atom stereocenters. The van der Waals surface area contributed by atoms with Gasteiger partial charge in [-0.1, -0.05) is 29.5 Å². The van der Waals surface area contributed by atoms with Crippen LogP contribution in [0.5, 0.6) is 0 Å². The molecule has 0 aliphatic heterocycles. The molecule has 0 aliphatic rings. The fourth-order valence-corrected chi connectivity index (χ4v) is 0.632. The number of halogens is 1. The number of alkyl halides is 1. The third-order valence-electron chi connectivity index (χ3n) is 0.644. The van der Waals surface area contributed by atoms with Crippen LogP contribution in [0.4, 0.5) is 0 Å². The fourth-order valence-electron chi connectivity index (χ4n) is 0.211. The van der Waals surface area contributed by atoms with Gasteiger partial charge in [-0.3, -0.25) is 4.55 Å². The molecular weight excluding hydrogens is 243 g/mol. The Morgan fingerprint density at radius 2 is 2.12 bits per heavy atom. The van der Waals surface area contributed by atoms with Crippen molar-refractivity contribution >= 4 is 32.7 Å². The lowest BCUT2D eigenvalue weighted by atomic mass is 10.6. The summed E-state index contributed by atoms with van der Waals surface area (Å²) in [6.07, 6.45) is 0.444. The molecule has 0 aromatic rings. The molecule has 0 saturated heterocycles. The average molecular weight is 250 g/mol. The SMILES string of the molecule is CCC(I)S(=O)(=O)O. The van der Waals surface area contributed by atoms with Crippen molar-refractivity contribution in [3.8, 4) is 0 Å². The molecule has 5 heteroatoms. The minimum atomic E-state index is -3.77. The Morgan fingerprint density at radius 3 is 2.12 bits per heavy atom. The molecule has 0 saturated carbocycles. The van der Waals surface area contributed by atoms with Crippen molar-refractivity contribution in [2.45, 2.75) is 16.6 Å². The van der Waals surface area contributed by atoms with Crippen LogP contribution in [0.15, 0.2) is 0 Å². The first kappa shape index (κ1) is 8.64. The maximum atomic E-state index is 10.1. The molecule has 1 atom stereocenters. The van der Waals surface area contributed by atoms with Gasteiger partial charge in [-0.15, -0.1) is 0 Å². The van der Waals surface area contributed by atoms with Gasteiger partial charge in [-0.25, -0.2) is 0 Å². The summed E-state index contributed by atoms with van der Waals surface area (Å²) in [6.45, 7) is 1.70. The highest BCUT2D eigenvalue weighted by atomic mass is 127. The van der Waals surface area contributed by atoms with E-state index in [0.717, 1.165) is 0 Å². The predicted molar refractivity (Wildman–Crippen MR) is 39.6 cm³/mol. The Balaban J connectivity index is 4.04. The second-order valence-corrected chi connectivity index (χ2v) is 5.28. The Kier molecular flexibility index (Phi) is 3.21. The van der Waals surface area contributed by atoms with Crippen molar-refractivity contribution in [1.82, 2.24) is 0 Å². The lowest BCUT2D eigenvalue weighted by molar-refractivity contribution is 0.480. The van der Waals surface area contributed by atoms with E-state index >= 15 is 0 Å². The number of hydrogen-bond donors (Lipinski definition) is 1. The van der Waals surface area contributed by atoms with Crippen LogP contribution < -0.4 is 0 Å². The Labute approximate surface area is 62.4 Å². The summed E-state index contributed by atoms with van der Waals surface area (Å²) in [5.74, 6) is 0. The maximum absolute atomic E-state index is 10.1. The summed E-state index contributed by atoms with van der Waals surface area (Å²) in [7, 11) is -3.77. The zero-order valence-corrected chi connectivity index (χ0v) is 7.31. The zero-order chi connectivity index (χ0) is 6.78. The second kappa shape index (κ2) is 2.98. The van der Waals surface area contributed by atoms with Gasteiger partial charge in [0.15, 0.2) is 0 Å². The van der Waals surface area contributed by atoms with Crippen molar-refractivity contribution in [2.24, 2.45) is 0 Å². The molecule has 8 heavy (non-hydrogen) atoms. The first-order valence-electron chi connectivity index (χ1n) is 2.09. The topological polar surface area (TPSA) is 54.4 Å². The molecule has 0 aromatic heterocycles. The van der Waals surface area contributed by atoms with E-state index in [0.29, 0.717) is 6.42 Å². The predicted octanol–water partition coefficient (Wildman–Crippen LogP) is 1.05. The van der Waals surface area contributed by atoms with Crippen molar-refractivity contribution in [2.75, 3.05) is 0 Å². The van der Waals surface area contributed by atoms with Crippen molar-refractivity contribution in [3.05, 3.63) is 0 Å². The lowest BCUT2D eigenvalue weighted by Crippen LogP contribution is -2.10. The van der Waals surface area contributed by atoms with Gasteiger partial charge in [0.1, 0.15) is 3.26 Å². The van der Waals surface area contributed by atoms with Crippen LogP contribution >= 0.6 is 22.6 Å². The molecule has 0 rings (SSSR count). The standard InChI is InChI=1S/C3H7IO3S/c1-2-3(4)8(5,6)7/h3H,2H2,1H3,(H,5,6,7). The summed E-state index contributed by atoms with van der Waals surface area (Å²) >= 11 is 1.67. The molecule has 0 spiro atoms. The van der Waals surface area contributed by atoms with E-state index in [4.69, 9.17) is 4.55 Å². The van der Waals surface area contributed by atoms with Crippen LogP contribution in [0, 0.1) is 0 Å². The molecule has 1 N–H and O–H groups in total. The molecule has 0 aromatic carbocycles. The van der Waals surface area contributed by atoms with E-state index in [2.05, 4.69) is 0 Å². The van der Waals surface area contributed by atoms with Gasteiger partial charge in [-0.05, 0) is 6.42 Å². The summed E-state index contributed by atoms with van der Waals surface area (Å²) < 4.78 is 27.8. The van der Waals surface area contributed by atoms with Crippen LogP contribution in [-0.2, 0) is 10.1 Å².